The third kappa shape index (κ3) is 2.87. The van der Waals surface area contributed by atoms with Crippen molar-refractivity contribution in [2.75, 3.05) is 0 Å². The number of amides is 1. The number of rotatable bonds is 4. The topological polar surface area (TPSA) is 83.9 Å². The monoisotopic (exact) mass is 366 g/mol. The minimum Gasteiger partial charge on any atom is -0.463 e. The standard InChI is InChI=1S/C19H15ClN4O2/c20-13-4-1-5-14(10-13)24-16(17-6-2-9-26-17)11-15(23-24)18(25)22-19(12-21)7-3-8-19/h1-2,4-6,9-11H,3,7-8H2,(H,22,25). The number of benzene rings is 1. The van der Waals surface area contributed by atoms with E-state index >= 15 is 0 Å². The highest BCUT2D eigenvalue weighted by Crippen LogP contribution is 2.32. The molecule has 0 bridgehead atoms. The van der Waals surface area contributed by atoms with Crippen molar-refractivity contribution in [3.63, 3.8) is 0 Å². The largest absolute Gasteiger partial charge is 0.463 e. The minimum absolute atomic E-state index is 0.220. The van der Waals surface area contributed by atoms with Crippen LogP contribution in [0.3, 0.4) is 0 Å². The molecule has 1 fully saturated rings. The normalized spacial score (nSPS) is 15.1. The Morgan fingerprint density at radius 1 is 1.31 bits per heavy atom. The lowest BCUT2D eigenvalue weighted by Gasteiger charge is -2.35. The second-order valence-corrected chi connectivity index (χ2v) is 6.72. The van der Waals surface area contributed by atoms with E-state index in [1.807, 2.05) is 12.1 Å². The highest BCUT2D eigenvalue weighted by atomic mass is 35.5. The van der Waals surface area contributed by atoms with Gasteiger partial charge in [0, 0.05) is 11.1 Å². The molecule has 6 nitrogen and oxygen atoms in total. The van der Waals surface area contributed by atoms with Gasteiger partial charge in [0.05, 0.1) is 18.0 Å². The van der Waals surface area contributed by atoms with Crippen LogP contribution in [0.15, 0.2) is 53.1 Å². The number of halogens is 1. The summed E-state index contributed by atoms with van der Waals surface area (Å²) >= 11 is 6.09. The van der Waals surface area contributed by atoms with E-state index in [1.165, 1.54) is 0 Å². The Bertz CT molecular complexity index is 997. The summed E-state index contributed by atoms with van der Waals surface area (Å²) in [5.41, 5.74) is 0.781. The molecule has 26 heavy (non-hydrogen) atoms. The highest BCUT2D eigenvalue weighted by molar-refractivity contribution is 6.30. The number of nitrogens with zero attached hydrogens (tertiary/aromatic N) is 3. The van der Waals surface area contributed by atoms with Crippen molar-refractivity contribution in [3.05, 3.63) is 59.4 Å². The van der Waals surface area contributed by atoms with Crippen LogP contribution in [0.4, 0.5) is 0 Å². The van der Waals surface area contributed by atoms with Crippen LogP contribution in [0, 0.1) is 11.3 Å². The van der Waals surface area contributed by atoms with Crippen molar-refractivity contribution >= 4 is 17.5 Å². The van der Waals surface area contributed by atoms with Crippen LogP contribution < -0.4 is 5.32 Å². The van der Waals surface area contributed by atoms with Gasteiger partial charge in [0.15, 0.2) is 11.5 Å². The lowest BCUT2D eigenvalue weighted by Crippen LogP contribution is -2.52. The quantitative estimate of drug-likeness (QED) is 0.757. The average Bonchev–Trinajstić information content (AvgIpc) is 3.27. The molecule has 1 N–H and O–H groups in total. The Hall–Kier alpha value is -3.04. The van der Waals surface area contributed by atoms with Gasteiger partial charge in [-0.05, 0) is 49.6 Å². The summed E-state index contributed by atoms with van der Waals surface area (Å²) in [5.74, 6) is 0.204. The molecule has 0 atom stereocenters. The Morgan fingerprint density at radius 2 is 2.15 bits per heavy atom. The van der Waals surface area contributed by atoms with Crippen molar-refractivity contribution in [1.29, 1.82) is 5.26 Å². The highest BCUT2D eigenvalue weighted by Gasteiger charge is 2.39. The molecule has 2 aromatic heterocycles. The summed E-state index contributed by atoms with van der Waals surface area (Å²) in [6.07, 6.45) is 3.82. The van der Waals surface area contributed by atoms with Crippen molar-refractivity contribution in [3.8, 4) is 23.2 Å². The van der Waals surface area contributed by atoms with Crippen molar-refractivity contribution in [2.45, 2.75) is 24.8 Å². The maximum Gasteiger partial charge on any atom is 0.273 e. The summed E-state index contributed by atoms with van der Waals surface area (Å²) in [6.45, 7) is 0. The predicted octanol–water partition coefficient (Wildman–Crippen LogP) is 3.96. The van der Waals surface area contributed by atoms with Crippen LogP contribution in [0.2, 0.25) is 5.02 Å². The smallest absolute Gasteiger partial charge is 0.273 e. The maximum atomic E-state index is 12.7. The van der Waals surface area contributed by atoms with Gasteiger partial charge in [-0.3, -0.25) is 4.79 Å². The van der Waals surface area contributed by atoms with E-state index in [4.69, 9.17) is 16.0 Å². The van der Waals surface area contributed by atoms with Gasteiger partial charge < -0.3 is 9.73 Å². The van der Waals surface area contributed by atoms with Crippen LogP contribution in [-0.4, -0.2) is 21.2 Å². The third-order valence-electron chi connectivity index (χ3n) is 4.54. The average molecular weight is 367 g/mol. The van der Waals surface area contributed by atoms with E-state index in [1.54, 1.807) is 41.3 Å². The molecule has 0 unspecified atom stereocenters. The molecule has 4 rings (SSSR count). The third-order valence-corrected chi connectivity index (χ3v) is 4.78. The molecule has 1 amide bonds. The van der Waals surface area contributed by atoms with E-state index in [-0.39, 0.29) is 11.6 Å². The number of furan rings is 1. The first-order chi connectivity index (χ1) is 12.6. The lowest BCUT2D eigenvalue weighted by atomic mass is 9.78. The van der Waals surface area contributed by atoms with Gasteiger partial charge in [-0.25, -0.2) is 4.68 Å². The summed E-state index contributed by atoms with van der Waals surface area (Å²) in [6, 6.07) is 14.6. The fourth-order valence-corrected chi connectivity index (χ4v) is 3.16. The zero-order valence-electron chi connectivity index (χ0n) is 13.8. The lowest BCUT2D eigenvalue weighted by molar-refractivity contribution is 0.0876. The van der Waals surface area contributed by atoms with E-state index in [9.17, 15) is 10.1 Å². The number of carbonyl (C=O) groups is 1. The van der Waals surface area contributed by atoms with Gasteiger partial charge in [0.1, 0.15) is 11.2 Å². The summed E-state index contributed by atoms with van der Waals surface area (Å²) in [7, 11) is 0. The van der Waals surface area contributed by atoms with Gasteiger partial charge in [-0.2, -0.15) is 10.4 Å². The molecule has 0 radical (unpaired) electrons. The molecule has 1 aliphatic rings. The van der Waals surface area contributed by atoms with Crippen LogP contribution in [0.25, 0.3) is 17.1 Å². The Kier molecular flexibility index (Phi) is 4.02. The molecule has 3 aromatic rings. The molecule has 0 saturated heterocycles. The van der Waals surface area contributed by atoms with E-state index in [0.29, 0.717) is 35.0 Å². The molecule has 0 spiro atoms. The number of hydrogen-bond donors (Lipinski definition) is 1. The van der Waals surface area contributed by atoms with Gasteiger partial charge in [0.25, 0.3) is 5.91 Å². The van der Waals surface area contributed by atoms with Crippen LogP contribution in [0.1, 0.15) is 29.8 Å². The van der Waals surface area contributed by atoms with E-state index in [0.717, 1.165) is 6.42 Å². The van der Waals surface area contributed by atoms with Crippen molar-refractivity contribution in [1.82, 2.24) is 15.1 Å². The molecule has 1 aliphatic carbocycles. The predicted molar refractivity (Wildman–Crippen MR) is 95.9 cm³/mol. The van der Waals surface area contributed by atoms with Crippen molar-refractivity contribution in [2.24, 2.45) is 0 Å². The fourth-order valence-electron chi connectivity index (χ4n) is 2.97. The second kappa shape index (κ2) is 6.36. The minimum atomic E-state index is -0.776. The number of aromatic nitrogens is 2. The zero-order valence-corrected chi connectivity index (χ0v) is 14.5. The first-order valence-electron chi connectivity index (χ1n) is 8.24. The number of nitrogens with one attached hydrogen (secondary N) is 1. The summed E-state index contributed by atoms with van der Waals surface area (Å²) < 4.78 is 7.09. The first kappa shape index (κ1) is 16.4. The van der Waals surface area contributed by atoms with Gasteiger partial charge in [-0.15, -0.1) is 0 Å². The van der Waals surface area contributed by atoms with Gasteiger partial charge >= 0.3 is 0 Å². The van der Waals surface area contributed by atoms with E-state index in [2.05, 4.69) is 16.5 Å². The molecule has 1 saturated carbocycles. The number of nitriles is 1. The van der Waals surface area contributed by atoms with Crippen LogP contribution in [-0.2, 0) is 0 Å². The van der Waals surface area contributed by atoms with Crippen LogP contribution >= 0.6 is 11.6 Å². The molecule has 1 aromatic carbocycles. The molecule has 7 heteroatoms. The molecular weight excluding hydrogens is 352 g/mol. The van der Waals surface area contributed by atoms with Gasteiger partial charge in [-0.1, -0.05) is 17.7 Å². The van der Waals surface area contributed by atoms with Crippen molar-refractivity contribution < 1.29 is 9.21 Å². The molecular formula is C19H15ClN4O2. The van der Waals surface area contributed by atoms with E-state index < -0.39 is 5.54 Å². The maximum absolute atomic E-state index is 12.7. The summed E-state index contributed by atoms with van der Waals surface area (Å²) in [5, 5.41) is 17.1. The van der Waals surface area contributed by atoms with Gasteiger partial charge in [0.2, 0.25) is 0 Å². The second-order valence-electron chi connectivity index (χ2n) is 6.29. The van der Waals surface area contributed by atoms with Crippen LogP contribution in [0.5, 0.6) is 0 Å². The summed E-state index contributed by atoms with van der Waals surface area (Å²) in [4.78, 5) is 12.7. The first-order valence-corrected chi connectivity index (χ1v) is 8.62. The number of hydrogen-bond acceptors (Lipinski definition) is 4. The Morgan fingerprint density at radius 3 is 2.77 bits per heavy atom. The Balaban J connectivity index is 1.74. The molecule has 130 valence electrons. The molecule has 2 heterocycles. The fraction of sp³-hybridized carbons (Fsp3) is 0.211. The molecule has 0 aliphatic heterocycles. The SMILES string of the molecule is N#CC1(NC(=O)c2cc(-c3ccco3)n(-c3cccc(Cl)c3)n2)CCC1. The Labute approximate surface area is 155 Å². The zero-order chi connectivity index (χ0) is 18.1. The number of carbonyl (C=O) groups excluding carboxylic acids is 1.